The smallest absolute Gasteiger partial charge is 0.0431 e. The van der Waals surface area contributed by atoms with E-state index in [9.17, 15) is 0 Å². The van der Waals surface area contributed by atoms with Crippen molar-refractivity contribution in [2.45, 2.75) is 25.9 Å². The number of aromatic nitrogens is 1. The van der Waals surface area contributed by atoms with E-state index in [0.29, 0.717) is 6.61 Å². The second-order valence-corrected chi connectivity index (χ2v) is 3.86. The van der Waals surface area contributed by atoms with Gasteiger partial charge >= 0.3 is 0 Å². The summed E-state index contributed by atoms with van der Waals surface area (Å²) in [5.41, 5.74) is 1.34. The summed E-state index contributed by atoms with van der Waals surface area (Å²) in [6, 6.07) is 4.23. The lowest BCUT2D eigenvalue weighted by Crippen LogP contribution is -2.14. The van der Waals surface area contributed by atoms with E-state index < -0.39 is 0 Å². The molecule has 0 spiro atoms. The molecule has 0 amide bonds. The number of unbranched alkanes of at least 4 members (excludes halogenated alkanes) is 1. The van der Waals surface area contributed by atoms with Crippen LogP contribution in [0, 0.1) is 0 Å². The molecule has 3 nitrogen and oxygen atoms in total. The molecule has 0 aliphatic carbocycles. The summed E-state index contributed by atoms with van der Waals surface area (Å²) in [4.78, 5) is 2.16. The van der Waals surface area contributed by atoms with Gasteiger partial charge in [-0.2, -0.15) is 0 Å². The minimum atomic E-state index is 0.296. The molecule has 0 atom stereocenters. The van der Waals surface area contributed by atoms with Crippen LogP contribution in [0.15, 0.2) is 18.3 Å². The van der Waals surface area contributed by atoms with Crippen molar-refractivity contribution in [2.24, 2.45) is 0 Å². The highest BCUT2D eigenvalue weighted by Gasteiger charge is 2.01. The Kier molecular flexibility index (Phi) is 4.70. The van der Waals surface area contributed by atoms with Crippen molar-refractivity contribution in [1.82, 2.24) is 9.47 Å². The number of aliphatic hydroxyl groups is 1. The quantitative estimate of drug-likeness (QED) is 0.695. The average Bonchev–Trinajstić information content (AvgIpc) is 2.52. The van der Waals surface area contributed by atoms with Gasteiger partial charge in [-0.3, -0.25) is 0 Å². The molecular formula is C11H20N2O. The topological polar surface area (TPSA) is 28.4 Å². The highest BCUT2D eigenvalue weighted by molar-refractivity contribution is 5.06. The summed E-state index contributed by atoms with van der Waals surface area (Å²) < 4.78 is 2.26. The van der Waals surface area contributed by atoms with Gasteiger partial charge in [-0.15, -0.1) is 0 Å². The lowest BCUT2D eigenvalue weighted by atomic mass is 10.3. The molecule has 0 fully saturated rings. The fourth-order valence-corrected chi connectivity index (χ4v) is 1.53. The summed E-state index contributed by atoms with van der Waals surface area (Å²) in [5.74, 6) is 0. The van der Waals surface area contributed by atoms with E-state index in [1.807, 2.05) is 0 Å². The molecule has 0 aliphatic heterocycles. The van der Waals surface area contributed by atoms with E-state index in [-0.39, 0.29) is 0 Å². The molecule has 0 saturated heterocycles. The standard InChI is InChI=1S/C11H20N2O/c1-12(2)10-11-6-5-8-13(11)7-3-4-9-14/h5-6,8,14H,3-4,7,9-10H2,1-2H3. The molecule has 0 radical (unpaired) electrons. The van der Waals surface area contributed by atoms with E-state index in [0.717, 1.165) is 25.9 Å². The molecule has 3 heteroatoms. The maximum Gasteiger partial charge on any atom is 0.0431 e. The predicted octanol–water partition coefficient (Wildman–Crippen LogP) is 1.32. The zero-order valence-electron chi connectivity index (χ0n) is 9.11. The summed E-state index contributed by atoms with van der Waals surface area (Å²) in [6.45, 7) is 2.28. The van der Waals surface area contributed by atoms with Crippen LogP contribution in [0.2, 0.25) is 0 Å². The Hall–Kier alpha value is -0.800. The number of hydrogen-bond acceptors (Lipinski definition) is 2. The molecule has 0 bridgehead atoms. The van der Waals surface area contributed by atoms with Crippen LogP contribution in [-0.4, -0.2) is 35.3 Å². The highest BCUT2D eigenvalue weighted by atomic mass is 16.2. The van der Waals surface area contributed by atoms with Crippen molar-refractivity contribution < 1.29 is 5.11 Å². The molecule has 1 N–H and O–H groups in total. The third-order valence-electron chi connectivity index (χ3n) is 2.21. The zero-order valence-corrected chi connectivity index (χ0v) is 9.11. The third kappa shape index (κ3) is 3.52. The Balaban J connectivity index is 2.45. The summed E-state index contributed by atoms with van der Waals surface area (Å²) in [7, 11) is 4.15. The van der Waals surface area contributed by atoms with Crippen molar-refractivity contribution in [3.63, 3.8) is 0 Å². The maximum absolute atomic E-state index is 8.69. The molecule has 0 unspecified atom stereocenters. The molecule has 0 saturated carbocycles. The van der Waals surface area contributed by atoms with E-state index in [2.05, 4.69) is 41.9 Å². The van der Waals surface area contributed by atoms with Gasteiger partial charge in [-0.25, -0.2) is 0 Å². The number of nitrogens with zero attached hydrogens (tertiary/aromatic N) is 2. The van der Waals surface area contributed by atoms with Crippen LogP contribution in [0.25, 0.3) is 0 Å². The van der Waals surface area contributed by atoms with Gasteiger partial charge in [-0.05, 0) is 39.1 Å². The largest absolute Gasteiger partial charge is 0.396 e. The summed E-state index contributed by atoms with van der Waals surface area (Å²) in [5, 5.41) is 8.69. The highest BCUT2D eigenvalue weighted by Crippen LogP contribution is 2.06. The number of aliphatic hydroxyl groups excluding tert-OH is 1. The predicted molar refractivity (Wildman–Crippen MR) is 58.1 cm³/mol. The minimum absolute atomic E-state index is 0.296. The number of aryl methyl sites for hydroxylation is 1. The average molecular weight is 196 g/mol. The lowest BCUT2D eigenvalue weighted by Gasteiger charge is -2.13. The van der Waals surface area contributed by atoms with Crippen LogP contribution in [0.3, 0.4) is 0 Å². The van der Waals surface area contributed by atoms with Crippen molar-refractivity contribution in [3.05, 3.63) is 24.0 Å². The third-order valence-corrected chi connectivity index (χ3v) is 2.21. The van der Waals surface area contributed by atoms with Crippen LogP contribution < -0.4 is 0 Å². The fraction of sp³-hybridized carbons (Fsp3) is 0.636. The molecule has 1 rings (SSSR count). The van der Waals surface area contributed by atoms with Crippen LogP contribution in [0.1, 0.15) is 18.5 Å². The Bertz CT molecular complexity index is 256. The van der Waals surface area contributed by atoms with Crippen LogP contribution in [0.4, 0.5) is 0 Å². The minimum Gasteiger partial charge on any atom is -0.396 e. The molecule has 0 aromatic carbocycles. The van der Waals surface area contributed by atoms with Gasteiger partial charge in [0.05, 0.1) is 0 Å². The number of hydrogen-bond donors (Lipinski definition) is 1. The van der Waals surface area contributed by atoms with Gasteiger partial charge in [0.1, 0.15) is 0 Å². The Labute approximate surface area is 86.0 Å². The maximum atomic E-state index is 8.69. The van der Waals surface area contributed by atoms with Gasteiger partial charge < -0.3 is 14.6 Å². The summed E-state index contributed by atoms with van der Waals surface area (Å²) >= 11 is 0. The Morgan fingerprint density at radius 3 is 2.79 bits per heavy atom. The zero-order chi connectivity index (χ0) is 10.4. The number of rotatable bonds is 6. The normalized spacial score (nSPS) is 11.1. The van der Waals surface area contributed by atoms with E-state index >= 15 is 0 Å². The van der Waals surface area contributed by atoms with Gasteiger partial charge in [0.2, 0.25) is 0 Å². The first kappa shape index (κ1) is 11.3. The van der Waals surface area contributed by atoms with Gasteiger partial charge in [-0.1, -0.05) is 0 Å². The second-order valence-electron chi connectivity index (χ2n) is 3.86. The molecule has 1 heterocycles. The first-order valence-electron chi connectivity index (χ1n) is 5.13. The molecular weight excluding hydrogens is 176 g/mol. The van der Waals surface area contributed by atoms with Crippen molar-refractivity contribution in [3.8, 4) is 0 Å². The van der Waals surface area contributed by atoms with E-state index in [1.165, 1.54) is 5.69 Å². The van der Waals surface area contributed by atoms with Gasteiger partial charge in [0.15, 0.2) is 0 Å². The van der Waals surface area contributed by atoms with E-state index in [1.54, 1.807) is 0 Å². The first-order valence-corrected chi connectivity index (χ1v) is 5.13. The van der Waals surface area contributed by atoms with Gasteiger partial charge in [0, 0.05) is 31.6 Å². The van der Waals surface area contributed by atoms with Crippen molar-refractivity contribution in [1.29, 1.82) is 0 Å². The molecule has 80 valence electrons. The van der Waals surface area contributed by atoms with Crippen molar-refractivity contribution >= 4 is 0 Å². The van der Waals surface area contributed by atoms with Crippen LogP contribution in [-0.2, 0) is 13.1 Å². The van der Waals surface area contributed by atoms with Gasteiger partial charge in [0.25, 0.3) is 0 Å². The molecule has 1 aromatic rings. The Morgan fingerprint density at radius 2 is 2.14 bits per heavy atom. The molecule has 14 heavy (non-hydrogen) atoms. The van der Waals surface area contributed by atoms with Crippen LogP contribution in [0.5, 0.6) is 0 Å². The molecule has 1 aromatic heterocycles. The Morgan fingerprint density at radius 1 is 1.36 bits per heavy atom. The van der Waals surface area contributed by atoms with E-state index in [4.69, 9.17) is 5.11 Å². The van der Waals surface area contributed by atoms with Crippen LogP contribution >= 0.6 is 0 Å². The van der Waals surface area contributed by atoms with Crippen molar-refractivity contribution in [2.75, 3.05) is 20.7 Å². The second kappa shape index (κ2) is 5.83. The molecule has 0 aliphatic rings. The first-order chi connectivity index (χ1) is 6.74. The summed E-state index contributed by atoms with van der Waals surface area (Å²) in [6.07, 6.45) is 4.04. The SMILES string of the molecule is CN(C)Cc1cccn1CCCCO. The monoisotopic (exact) mass is 196 g/mol. The fourth-order valence-electron chi connectivity index (χ4n) is 1.53. The lowest BCUT2D eigenvalue weighted by molar-refractivity contribution is 0.280.